The molecule has 1 saturated carbocycles. The maximum atomic E-state index is 12.4. The van der Waals surface area contributed by atoms with Crippen molar-refractivity contribution in [3.05, 3.63) is 11.1 Å². The highest BCUT2D eigenvalue weighted by molar-refractivity contribution is 7.13. The fraction of sp³-hybridized carbons (Fsp3) is 0.667. The lowest BCUT2D eigenvalue weighted by molar-refractivity contribution is -0.141. The van der Waals surface area contributed by atoms with Gasteiger partial charge in [-0.05, 0) is 19.4 Å². The fourth-order valence-electron chi connectivity index (χ4n) is 2.32. The second-order valence-electron chi connectivity index (χ2n) is 4.96. The molecule has 1 aromatic heterocycles. The van der Waals surface area contributed by atoms with E-state index in [4.69, 9.17) is 5.11 Å². The van der Waals surface area contributed by atoms with Crippen molar-refractivity contribution in [2.75, 3.05) is 18.4 Å². The summed E-state index contributed by atoms with van der Waals surface area (Å²) in [6.45, 7) is 2.52. The number of thiazole rings is 1. The molecule has 0 amide bonds. The van der Waals surface area contributed by atoms with Crippen LogP contribution in [0.2, 0.25) is 0 Å². The van der Waals surface area contributed by atoms with Crippen molar-refractivity contribution in [3.63, 3.8) is 0 Å². The number of halogens is 3. The Kier molecular flexibility index (Phi) is 4.72. The number of carboxylic acids is 1. The predicted molar refractivity (Wildman–Crippen MR) is 72.4 cm³/mol. The highest BCUT2D eigenvalue weighted by atomic mass is 32.1. The normalized spacial score (nSPS) is 22.1. The van der Waals surface area contributed by atoms with Crippen LogP contribution in [0.15, 0.2) is 5.38 Å². The number of anilines is 1. The number of alkyl halides is 3. The smallest absolute Gasteiger partial charge is 0.434 e. The number of carboxylic acid groups (broad SMARTS) is 1. The van der Waals surface area contributed by atoms with Gasteiger partial charge in [0.2, 0.25) is 0 Å². The summed E-state index contributed by atoms with van der Waals surface area (Å²) < 4.78 is 37.3. The van der Waals surface area contributed by atoms with Gasteiger partial charge in [-0.15, -0.1) is 11.3 Å². The van der Waals surface area contributed by atoms with Crippen LogP contribution in [0.4, 0.5) is 18.3 Å². The molecule has 1 aromatic rings. The highest BCUT2D eigenvalue weighted by Gasteiger charge is 2.36. The molecule has 1 aliphatic carbocycles. The molecule has 2 rings (SSSR count). The Labute approximate surface area is 123 Å². The Bertz CT molecular complexity index is 500. The molecule has 21 heavy (non-hydrogen) atoms. The van der Waals surface area contributed by atoms with Crippen molar-refractivity contribution in [2.45, 2.75) is 38.0 Å². The summed E-state index contributed by atoms with van der Waals surface area (Å²) in [5.41, 5.74) is -0.882. The molecule has 0 unspecified atom stereocenters. The standard InChI is InChI=1S/C12H16F3N3O2S/c1-2-18(5-10(19)20)8-3-7(4-8)16-11-17-9(6-21-11)12(13,14)15/h6-8H,2-5H2,1H3,(H,16,17)(H,19,20). The van der Waals surface area contributed by atoms with Gasteiger partial charge in [-0.1, -0.05) is 6.92 Å². The number of aromatic nitrogens is 1. The Balaban J connectivity index is 1.82. The third-order valence-electron chi connectivity index (χ3n) is 3.50. The fourth-order valence-corrected chi connectivity index (χ4v) is 3.12. The van der Waals surface area contributed by atoms with Crippen LogP contribution in [0.1, 0.15) is 25.5 Å². The molecule has 1 heterocycles. The van der Waals surface area contributed by atoms with Gasteiger partial charge < -0.3 is 10.4 Å². The maximum Gasteiger partial charge on any atom is 0.434 e. The van der Waals surface area contributed by atoms with Gasteiger partial charge in [0, 0.05) is 17.5 Å². The summed E-state index contributed by atoms with van der Waals surface area (Å²) in [4.78, 5) is 16.1. The molecular formula is C12H16F3N3O2S. The van der Waals surface area contributed by atoms with Crippen LogP contribution in [0.5, 0.6) is 0 Å². The molecule has 0 bridgehead atoms. The third-order valence-corrected chi connectivity index (χ3v) is 4.27. The van der Waals surface area contributed by atoms with Gasteiger partial charge in [-0.2, -0.15) is 13.2 Å². The Morgan fingerprint density at radius 1 is 1.57 bits per heavy atom. The molecule has 1 aliphatic rings. The summed E-state index contributed by atoms with van der Waals surface area (Å²) in [7, 11) is 0. The van der Waals surface area contributed by atoms with Crippen LogP contribution < -0.4 is 5.32 Å². The molecule has 0 saturated heterocycles. The molecular weight excluding hydrogens is 307 g/mol. The van der Waals surface area contributed by atoms with Gasteiger partial charge in [-0.3, -0.25) is 9.69 Å². The van der Waals surface area contributed by atoms with E-state index in [2.05, 4.69) is 10.3 Å². The van der Waals surface area contributed by atoms with Crippen molar-refractivity contribution in [3.8, 4) is 0 Å². The predicted octanol–water partition coefficient (Wildman–Crippen LogP) is 2.51. The quantitative estimate of drug-likeness (QED) is 0.842. The Hall–Kier alpha value is -1.35. The Morgan fingerprint density at radius 3 is 2.71 bits per heavy atom. The van der Waals surface area contributed by atoms with Crippen molar-refractivity contribution in [1.29, 1.82) is 0 Å². The van der Waals surface area contributed by atoms with E-state index >= 15 is 0 Å². The molecule has 0 spiro atoms. The number of hydrogen-bond donors (Lipinski definition) is 2. The van der Waals surface area contributed by atoms with E-state index in [1.807, 2.05) is 11.8 Å². The number of aliphatic carboxylic acids is 1. The van der Waals surface area contributed by atoms with E-state index in [1.54, 1.807) is 0 Å². The minimum Gasteiger partial charge on any atom is -0.480 e. The molecule has 1 fully saturated rings. The molecule has 5 nitrogen and oxygen atoms in total. The number of nitrogens with one attached hydrogen (secondary N) is 1. The van der Waals surface area contributed by atoms with Crippen molar-refractivity contribution in [1.82, 2.24) is 9.88 Å². The average Bonchev–Trinajstić information content (AvgIpc) is 2.78. The van der Waals surface area contributed by atoms with Crippen molar-refractivity contribution < 1.29 is 23.1 Å². The molecule has 0 radical (unpaired) electrons. The lowest BCUT2D eigenvalue weighted by atomic mass is 9.85. The number of hydrogen-bond acceptors (Lipinski definition) is 5. The largest absolute Gasteiger partial charge is 0.480 e. The lowest BCUT2D eigenvalue weighted by Gasteiger charge is -2.42. The molecule has 9 heteroatoms. The van der Waals surface area contributed by atoms with E-state index in [1.165, 1.54) is 0 Å². The van der Waals surface area contributed by atoms with E-state index in [0.717, 1.165) is 16.7 Å². The lowest BCUT2D eigenvalue weighted by Crippen LogP contribution is -2.51. The van der Waals surface area contributed by atoms with Crippen LogP contribution in [0.3, 0.4) is 0 Å². The summed E-state index contributed by atoms with van der Waals surface area (Å²) in [6.07, 6.45) is -3.00. The minimum absolute atomic E-state index is 0.0106. The molecule has 0 aliphatic heterocycles. The zero-order valence-corrected chi connectivity index (χ0v) is 12.2. The number of nitrogens with zero attached hydrogens (tertiary/aromatic N) is 2. The monoisotopic (exact) mass is 323 g/mol. The zero-order chi connectivity index (χ0) is 15.6. The van der Waals surface area contributed by atoms with Crippen LogP contribution in [0, 0.1) is 0 Å². The summed E-state index contributed by atoms with van der Waals surface area (Å²) in [5, 5.41) is 13.0. The molecule has 0 aromatic carbocycles. The van der Waals surface area contributed by atoms with Gasteiger partial charge in [0.15, 0.2) is 10.8 Å². The second-order valence-corrected chi connectivity index (χ2v) is 5.82. The summed E-state index contributed by atoms with van der Waals surface area (Å²) >= 11 is 0.930. The van der Waals surface area contributed by atoms with Gasteiger partial charge >= 0.3 is 12.1 Å². The van der Waals surface area contributed by atoms with E-state index in [-0.39, 0.29) is 23.8 Å². The van der Waals surface area contributed by atoms with Crippen molar-refractivity contribution >= 4 is 22.4 Å². The molecule has 118 valence electrons. The topological polar surface area (TPSA) is 65.5 Å². The highest BCUT2D eigenvalue weighted by Crippen LogP contribution is 2.34. The van der Waals surface area contributed by atoms with Gasteiger partial charge in [0.05, 0.1) is 6.54 Å². The first kappa shape index (κ1) is 16.0. The molecule has 0 atom stereocenters. The first-order valence-electron chi connectivity index (χ1n) is 6.54. The average molecular weight is 323 g/mol. The van der Waals surface area contributed by atoms with Crippen LogP contribution in [0.25, 0.3) is 0 Å². The van der Waals surface area contributed by atoms with Gasteiger partial charge in [-0.25, -0.2) is 4.98 Å². The summed E-state index contributed by atoms with van der Waals surface area (Å²) in [5.74, 6) is -0.872. The number of carbonyl (C=O) groups is 1. The van der Waals surface area contributed by atoms with E-state index in [9.17, 15) is 18.0 Å². The molecule has 2 N–H and O–H groups in total. The van der Waals surface area contributed by atoms with Crippen molar-refractivity contribution in [2.24, 2.45) is 0 Å². The Morgan fingerprint density at radius 2 is 2.24 bits per heavy atom. The minimum atomic E-state index is -4.42. The maximum absolute atomic E-state index is 12.4. The SMILES string of the molecule is CCN(CC(=O)O)C1CC(Nc2nc(C(F)(F)F)cs2)C1. The van der Waals surface area contributed by atoms with E-state index < -0.39 is 17.8 Å². The van der Waals surface area contributed by atoms with Crippen LogP contribution >= 0.6 is 11.3 Å². The van der Waals surface area contributed by atoms with Gasteiger partial charge in [0.1, 0.15) is 0 Å². The second kappa shape index (κ2) is 6.18. The first-order valence-corrected chi connectivity index (χ1v) is 7.42. The van der Waals surface area contributed by atoms with Crippen LogP contribution in [-0.4, -0.2) is 46.1 Å². The summed E-state index contributed by atoms with van der Waals surface area (Å²) in [6, 6.07) is 0.204. The number of rotatable bonds is 6. The first-order chi connectivity index (χ1) is 9.79. The van der Waals surface area contributed by atoms with E-state index in [0.29, 0.717) is 19.4 Å². The zero-order valence-electron chi connectivity index (χ0n) is 11.4. The van der Waals surface area contributed by atoms with Gasteiger partial charge in [0.25, 0.3) is 0 Å². The third kappa shape index (κ3) is 4.07. The van der Waals surface area contributed by atoms with Crippen LogP contribution in [-0.2, 0) is 11.0 Å². The number of likely N-dealkylation sites (N-methyl/N-ethyl adjacent to an activating group) is 1.